The first-order valence-corrected chi connectivity index (χ1v) is 9.51. The molecule has 2 saturated heterocycles. The Kier molecular flexibility index (Phi) is 5.94. The molecule has 1 aromatic carbocycles. The number of nitrogens with zero attached hydrogens (tertiary/aromatic N) is 2. The van der Waals surface area contributed by atoms with Crippen molar-refractivity contribution < 1.29 is 14.7 Å². The molecule has 26 heavy (non-hydrogen) atoms. The molecule has 0 aliphatic carbocycles. The average molecular weight is 359 g/mol. The quantitative estimate of drug-likeness (QED) is 0.803. The van der Waals surface area contributed by atoms with Crippen LogP contribution in [-0.2, 0) is 11.3 Å². The number of rotatable bonds is 6. The van der Waals surface area contributed by atoms with Gasteiger partial charge >= 0.3 is 0 Å². The minimum Gasteiger partial charge on any atom is -0.396 e. The predicted molar refractivity (Wildman–Crippen MR) is 99.4 cm³/mol. The highest BCUT2D eigenvalue weighted by Gasteiger charge is 2.41. The lowest BCUT2D eigenvalue weighted by Crippen LogP contribution is -2.54. The molecule has 0 saturated carbocycles. The van der Waals surface area contributed by atoms with Crippen LogP contribution in [0, 0.1) is 5.41 Å². The fourth-order valence-corrected chi connectivity index (χ4v) is 4.38. The minimum atomic E-state index is -0.400. The van der Waals surface area contributed by atoms with Gasteiger partial charge in [-0.3, -0.25) is 14.5 Å². The normalized spacial score (nSPS) is 24.2. The van der Waals surface area contributed by atoms with Crippen molar-refractivity contribution in [2.24, 2.45) is 11.1 Å². The van der Waals surface area contributed by atoms with E-state index in [4.69, 9.17) is 10.8 Å². The van der Waals surface area contributed by atoms with Crippen LogP contribution in [0.25, 0.3) is 0 Å². The summed E-state index contributed by atoms with van der Waals surface area (Å²) in [6.45, 7) is 4.50. The van der Waals surface area contributed by atoms with E-state index in [1.807, 2.05) is 17.0 Å². The zero-order valence-corrected chi connectivity index (χ0v) is 15.3. The molecule has 3 rings (SSSR count). The molecule has 2 fully saturated rings. The second kappa shape index (κ2) is 8.18. The number of benzene rings is 1. The maximum absolute atomic E-state index is 12.2. The molecular weight excluding hydrogens is 330 g/mol. The van der Waals surface area contributed by atoms with Gasteiger partial charge in [-0.1, -0.05) is 12.1 Å². The molecule has 1 aromatic rings. The zero-order valence-electron chi connectivity index (χ0n) is 15.3. The van der Waals surface area contributed by atoms with Gasteiger partial charge in [0, 0.05) is 50.2 Å². The van der Waals surface area contributed by atoms with E-state index in [1.54, 1.807) is 12.1 Å². The van der Waals surface area contributed by atoms with Crippen molar-refractivity contribution in [1.29, 1.82) is 0 Å². The van der Waals surface area contributed by atoms with Crippen molar-refractivity contribution in [3.63, 3.8) is 0 Å². The average Bonchev–Trinajstić information content (AvgIpc) is 2.63. The van der Waals surface area contributed by atoms with Gasteiger partial charge in [0.1, 0.15) is 0 Å². The Balaban J connectivity index is 1.62. The van der Waals surface area contributed by atoms with E-state index >= 15 is 0 Å². The summed E-state index contributed by atoms with van der Waals surface area (Å²) in [7, 11) is 0. The van der Waals surface area contributed by atoms with Gasteiger partial charge < -0.3 is 15.7 Å². The van der Waals surface area contributed by atoms with Crippen molar-refractivity contribution in [2.45, 2.75) is 38.6 Å². The molecule has 6 heteroatoms. The number of carbonyl (C=O) groups is 2. The van der Waals surface area contributed by atoms with Crippen LogP contribution in [-0.4, -0.2) is 59.5 Å². The highest BCUT2D eigenvalue weighted by atomic mass is 16.3. The maximum atomic E-state index is 12.2. The number of hydrogen-bond acceptors (Lipinski definition) is 4. The Hall–Kier alpha value is -1.92. The molecule has 6 nitrogen and oxygen atoms in total. The lowest BCUT2D eigenvalue weighted by molar-refractivity contribution is -0.139. The number of piperidine rings is 2. The van der Waals surface area contributed by atoms with E-state index in [0.29, 0.717) is 24.9 Å². The van der Waals surface area contributed by atoms with Crippen LogP contribution in [0.15, 0.2) is 24.3 Å². The molecule has 3 N–H and O–H groups in total. The predicted octanol–water partition coefficient (Wildman–Crippen LogP) is 1.37. The van der Waals surface area contributed by atoms with E-state index in [0.717, 1.165) is 45.4 Å². The SMILES string of the molecule is NC(=O)c1ccc(CN2CCC[C@@]3(CCC(=O)N(CCCO)C3)C2)cc1. The minimum absolute atomic E-state index is 0.129. The summed E-state index contributed by atoms with van der Waals surface area (Å²) < 4.78 is 0. The molecule has 2 amide bonds. The number of primary amides is 1. The fraction of sp³-hybridized carbons (Fsp3) is 0.600. The molecule has 1 atom stereocenters. The lowest BCUT2D eigenvalue weighted by atomic mass is 9.73. The van der Waals surface area contributed by atoms with E-state index in [1.165, 1.54) is 5.56 Å². The van der Waals surface area contributed by atoms with Gasteiger partial charge in [-0.05, 0) is 49.9 Å². The van der Waals surface area contributed by atoms with E-state index in [9.17, 15) is 9.59 Å². The van der Waals surface area contributed by atoms with Crippen molar-refractivity contribution in [3.8, 4) is 0 Å². The van der Waals surface area contributed by atoms with E-state index in [-0.39, 0.29) is 17.9 Å². The summed E-state index contributed by atoms with van der Waals surface area (Å²) in [4.78, 5) is 27.8. The van der Waals surface area contributed by atoms with Gasteiger partial charge in [0.15, 0.2) is 0 Å². The highest BCUT2D eigenvalue weighted by molar-refractivity contribution is 5.92. The van der Waals surface area contributed by atoms with Crippen LogP contribution < -0.4 is 5.73 Å². The molecule has 142 valence electrons. The van der Waals surface area contributed by atoms with Crippen LogP contribution in [0.3, 0.4) is 0 Å². The summed E-state index contributed by atoms with van der Waals surface area (Å²) in [6.07, 6.45) is 4.53. The van der Waals surface area contributed by atoms with Crippen LogP contribution >= 0.6 is 0 Å². The summed E-state index contributed by atoms with van der Waals surface area (Å²) in [5.41, 5.74) is 7.19. The Morgan fingerprint density at radius 2 is 1.96 bits per heavy atom. The lowest BCUT2D eigenvalue weighted by Gasteiger charge is -2.48. The molecule has 0 radical (unpaired) electrons. The van der Waals surface area contributed by atoms with Crippen LogP contribution in [0.1, 0.15) is 48.0 Å². The first-order valence-electron chi connectivity index (χ1n) is 9.51. The standard InChI is InChI=1S/C20H29N3O3/c21-19(26)17-5-3-16(4-6-17)13-22-10-1-8-20(14-22)9-7-18(25)23(15-20)11-2-12-24/h3-6,24H,1-2,7-15H2,(H2,21,26)/t20-/m1/s1. The van der Waals surface area contributed by atoms with Crippen molar-refractivity contribution >= 4 is 11.8 Å². The summed E-state index contributed by atoms with van der Waals surface area (Å²) in [5.74, 6) is -0.174. The third kappa shape index (κ3) is 4.43. The zero-order chi connectivity index (χ0) is 18.6. The number of likely N-dealkylation sites (tertiary alicyclic amines) is 2. The number of hydrogen-bond donors (Lipinski definition) is 2. The summed E-state index contributed by atoms with van der Waals surface area (Å²) >= 11 is 0. The largest absolute Gasteiger partial charge is 0.396 e. The highest BCUT2D eigenvalue weighted by Crippen LogP contribution is 2.39. The van der Waals surface area contributed by atoms with Crippen molar-refractivity contribution in [3.05, 3.63) is 35.4 Å². The molecular formula is C20H29N3O3. The number of nitrogens with two attached hydrogens (primary N) is 1. The molecule has 2 aliphatic rings. The van der Waals surface area contributed by atoms with Crippen LogP contribution in [0.5, 0.6) is 0 Å². The fourth-order valence-electron chi connectivity index (χ4n) is 4.38. The van der Waals surface area contributed by atoms with Crippen LogP contribution in [0.4, 0.5) is 0 Å². The maximum Gasteiger partial charge on any atom is 0.248 e. The monoisotopic (exact) mass is 359 g/mol. The third-order valence-corrected chi connectivity index (χ3v) is 5.72. The van der Waals surface area contributed by atoms with Gasteiger partial charge in [0.25, 0.3) is 0 Å². The van der Waals surface area contributed by atoms with Crippen LogP contribution in [0.2, 0.25) is 0 Å². The summed E-state index contributed by atoms with van der Waals surface area (Å²) in [5, 5.41) is 9.07. The summed E-state index contributed by atoms with van der Waals surface area (Å²) in [6, 6.07) is 7.51. The van der Waals surface area contributed by atoms with E-state index in [2.05, 4.69) is 4.90 Å². The molecule has 0 bridgehead atoms. The smallest absolute Gasteiger partial charge is 0.248 e. The molecule has 2 heterocycles. The molecule has 0 aromatic heterocycles. The molecule has 1 spiro atoms. The first kappa shape index (κ1) is 18.9. The topological polar surface area (TPSA) is 86.9 Å². The first-order chi connectivity index (χ1) is 12.5. The van der Waals surface area contributed by atoms with Gasteiger partial charge in [-0.15, -0.1) is 0 Å². The second-order valence-corrected chi connectivity index (χ2v) is 7.77. The molecule has 0 unspecified atom stereocenters. The Morgan fingerprint density at radius 1 is 1.19 bits per heavy atom. The van der Waals surface area contributed by atoms with Gasteiger partial charge in [0.05, 0.1) is 0 Å². The number of aliphatic hydroxyl groups excluding tert-OH is 1. The van der Waals surface area contributed by atoms with Crippen molar-refractivity contribution in [1.82, 2.24) is 9.80 Å². The number of carbonyl (C=O) groups excluding carboxylic acids is 2. The van der Waals surface area contributed by atoms with Gasteiger partial charge in [-0.25, -0.2) is 0 Å². The number of aliphatic hydroxyl groups is 1. The Labute approximate surface area is 155 Å². The third-order valence-electron chi connectivity index (χ3n) is 5.72. The van der Waals surface area contributed by atoms with Gasteiger partial charge in [0.2, 0.25) is 11.8 Å². The Bertz CT molecular complexity index is 646. The van der Waals surface area contributed by atoms with Crippen molar-refractivity contribution in [2.75, 3.05) is 32.8 Å². The molecule has 2 aliphatic heterocycles. The van der Waals surface area contributed by atoms with E-state index < -0.39 is 5.91 Å². The number of amides is 2. The van der Waals surface area contributed by atoms with Gasteiger partial charge in [-0.2, -0.15) is 0 Å². The second-order valence-electron chi connectivity index (χ2n) is 7.77. The Morgan fingerprint density at radius 3 is 2.65 bits per heavy atom.